The van der Waals surface area contributed by atoms with Crippen molar-refractivity contribution in [3.05, 3.63) is 23.9 Å². The summed E-state index contributed by atoms with van der Waals surface area (Å²) in [6.45, 7) is 10.3. The SMILES string of the molecule is C=CC(=O)N1CCN(c2nc(OC)nc(CC)c2CCC)CC1COC. The molecule has 0 aliphatic carbocycles. The first-order valence-electron chi connectivity index (χ1n) is 9.20. The number of amides is 1. The van der Waals surface area contributed by atoms with E-state index >= 15 is 0 Å². The van der Waals surface area contributed by atoms with Crippen LogP contribution in [0.25, 0.3) is 0 Å². The van der Waals surface area contributed by atoms with Crippen molar-refractivity contribution in [1.29, 1.82) is 0 Å². The van der Waals surface area contributed by atoms with E-state index in [2.05, 4.69) is 35.3 Å². The maximum Gasteiger partial charge on any atom is 0.318 e. The predicted molar refractivity (Wildman–Crippen MR) is 102 cm³/mol. The van der Waals surface area contributed by atoms with Gasteiger partial charge in [-0.25, -0.2) is 0 Å². The van der Waals surface area contributed by atoms with Gasteiger partial charge in [0.2, 0.25) is 5.91 Å². The van der Waals surface area contributed by atoms with E-state index in [1.807, 2.05) is 4.90 Å². The standard InChI is InChI=1S/C19H30N4O3/c1-6-9-15-16(7-2)20-19(26-5)21-18(15)22-10-11-23(17(24)8-3)14(12-22)13-25-4/h8,14H,3,6-7,9-13H2,1-2,4-5H3. The average Bonchev–Trinajstić information content (AvgIpc) is 2.67. The summed E-state index contributed by atoms with van der Waals surface area (Å²) in [6, 6.07) is 0.351. The lowest BCUT2D eigenvalue weighted by Crippen LogP contribution is -2.57. The molecule has 2 heterocycles. The van der Waals surface area contributed by atoms with E-state index in [1.54, 1.807) is 14.2 Å². The van der Waals surface area contributed by atoms with Crippen LogP contribution in [0.15, 0.2) is 12.7 Å². The van der Waals surface area contributed by atoms with Crippen LogP contribution in [0.3, 0.4) is 0 Å². The summed E-state index contributed by atoms with van der Waals surface area (Å²) in [4.78, 5) is 25.4. The van der Waals surface area contributed by atoms with Gasteiger partial charge >= 0.3 is 6.01 Å². The lowest BCUT2D eigenvalue weighted by Gasteiger charge is -2.42. The van der Waals surface area contributed by atoms with Crippen molar-refractivity contribution in [3.8, 4) is 6.01 Å². The number of nitrogens with zero attached hydrogens (tertiary/aromatic N) is 4. The van der Waals surface area contributed by atoms with Crippen molar-refractivity contribution in [2.75, 3.05) is 45.4 Å². The van der Waals surface area contributed by atoms with Gasteiger partial charge in [-0.1, -0.05) is 26.8 Å². The summed E-state index contributed by atoms with van der Waals surface area (Å²) < 4.78 is 10.7. The van der Waals surface area contributed by atoms with Gasteiger partial charge in [0.1, 0.15) is 5.82 Å². The molecule has 0 aromatic carbocycles. The van der Waals surface area contributed by atoms with E-state index in [0.717, 1.165) is 30.8 Å². The molecule has 0 N–H and O–H groups in total. The molecule has 1 aromatic rings. The van der Waals surface area contributed by atoms with E-state index in [-0.39, 0.29) is 11.9 Å². The fourth-order valence-corrected chi connectivity index (χ4v) is 3.44. The number of piperazine rings is 1. The fourth-order valence-electron chi connectivity index (χ4n) is 3.44. The first-order valence-corrected chi connectivity index (χ1v) is 9.20. The number of aromatic nitrogens is 2. The van der Waals surface area contributed by atoms with Crippen molar-refractivity contribution in [2.24, 2.45) is 0 Å². The number of hydrogen-bond donors (Lipinski definition) is 0. The number of aryl methyl sites for hydroxylation is 1. The second-order valence-corrected chi connectivity index (χ2v) is 6.35. The molecule has 1 aliphatic heterocycles. The van der Waals surface area contributed by atoms with Crippen LogP contribution in [0.5, 0.6) is 6.01 Å². The van der Waals surface area contributed by atoms with Crippen LogP contribution < -0.4 is 9.64 Å². The minimum absolute atomic E-state index is 0.0419. The van der Waals surface area contributed by atoms with Gasteiger partial charge in [0.15, 0.2) is 0 Å². The molecule has 0 saturated carbocycles. The van der Waals surface area contributed by atoms with Crippen molar-refractivity contribution < 1.29 is 14.3 Å². The first kappa shape index (κ1) is 20.2. The molecule has 1 amide bonds. The molecule has 1 atom stereocenters. The monoisotopic (exact) mass is 362 g/mol. The Kier molecular flexibility index (Phi) is 7.38. The molecule has 0 bridgehead atoms. The Bertz CT molecular complexity index is 635. The van der Waals surface area contributed by atoms with Crippen molar-refractivity contribution in [1.82, 2.24) is 14.9 Å². The van der Waals surface area contributed by atoms with Crippen LogP contribution >= 0.6 is 0 Å². The zero-order valence-corrected chi connectivity index (χ0v) is 16.3. The molecular formula is C19H30N4O3. The molecule has 7 heteroatoms. The van der Waals surface area contributed by atoms with E-state index in [9.17, 15) is 4.79 Å². The molecular weight excluding hydrogens is 332 g/mol. The molecule has 1 saturated heterocycles. The van der Waals surface area contributed by atoms with Crippen molar-refractivity contribution >= 4 is 11.7 Å². The van der Waals surface area contributed by atoms with Gasteiger partial charge in [-0.15, -0.1) is 0 Å². The smallest absolute Gasteiger partial charge is 0.318 e. The van der Waals surface area contributed by atoms with E-state index in [0.29, 0.717) is 32.3 Å². The molecule has 2 rings (SSSR count). The van der Waals surface area contributed by atoms with Crippen LogP contribution in [0.4, 0.5) is 5.82 Å². The zero-order chi connectivity index (χ0) is 19.1. The molecule has 1 unspecified atom stereocenters. The van der Waals surface area contributed by atoms with Gasteiger partial charge in [-0.05, 0) is 18.9 Å². The topological polar surface area (TPSA) is 67.8 Å². The lowest BCUT2D eigenvalue weighted by atomic mass is 10.1. The Hall–Kier alpha value is -2.15. The molecule has 1 aromatic heterocycles. The highest BCUT2D eigenvalue weighted by molar-refractivity contribution is 5.87. The summed E-state index contributed by atoms with van der Waals surface area (Å²) >= 11 is 0. The van der Waals surface area contributed by atoms with Crippen LogP contribution in [0.1, 0.15) is 31.5 Å². The van der Waals surface area contributed by atoms with Crippen molar-refractivity contribution in [2.45, 2.75) is 39.2 Å². The minimum Gasteiger partial charge on any atom is -0.467 e. The van der Waals surface area contributed by atoms with Crippen LogP contribution in [0, 0.1) is 0 Å². The summed E-state index contributed by atoms with van der Waals surface area (Å²) in [5.41, 5.74) is 2.21. The Balaban J connectivity index is 2.37. The number of carbonyl (C=O) groups is 1. The average molecular weight is 362 g/mol. The molecule has 0 spiro atoms. The first-order chi connectivity index (χ1) is 12.6. The van der Waals surface area contributed by atoms with Crippen LogP contribution in [0.2, 0.25) is 0 Å². The predicted octanol–water partition coefficient (Wildman–Crippen LogP) is 1.85. The second kappa shape index (κ2) is 9.52. The third-order valence-corrected chi connectivity index (χ3v) is 4.67. The highest BCUT2D eigenvalue weighted by atomic mass is 16.5. The number of hydrogen-bond acceptors (Lipinski definition) is 6. The summed E-state index contributed by atoms with van der Waals surface area (Å²) in [6.07, 6.45) is 4.14. The highest BCUT2D eigenvalue weighted by Crippen LogP contribution is 2.27. The Morgan fingerprint density at radius 1 is 1.31 bits per heavy atom. The third-order valence-electron chi connectivity index (χ3n) is 4.67. The largest absolute Gasteiger partial charge is 0.467 e. The normalized spacial score (nSPS) is 17.3. The fraction of sp³-hybridized carbons (Fsp3) is 0.632. The van der Waals surface area contributed by atoms with Gasteiger partial charge in [0.25, 0.3) is 0 Å². The summed E-state index contributed by atoms with van der Waals surface area (Å²) in [5.74, 6) is 0.859. The number of carbonyl (C=O) groups excluding carboxylic acids is 1. The van der Waals surface area contributed by atoms with Crippen LogP contribution in [-0.4, -0.2) is 67.3 Å². The quantitative estimate of drug-likeness (QED) is 0.658. The molecule has 144 valence electrons. The summed E-state index contributed by atoms with van der Waals surface area (Å²) in [5, 5.41) is 0. The van der Waals surface area contributed by atoms with Crippen LogP contribution in [-0.2, 0) is 22.4 Å². The Morgan fingerprint density at radius 3 is 2.65 bits per heavy atom. The Morgan fingerprint density at radius 2 is 2.08 bits per heavy atom. The maximum atomic E-state index is 12.2. The molecule has 26 heavy (non-hydrogen) atoms. The van der Waals surface area contributed by atoms with Gasteiger partial charge < -0.3 is 19.3 Å². The Labute approximate surface area is 156 Å². The number of methoxy groups -OCH3 is 2. The van der Waals surface area contributed by atoms with Crippen molar-refractivity contribution in [3.63, 3.8) is 0 Å². The van der Waals surface area contributed by atoms with E-state index in [4.69, 9.17) is 9.47 Å². The maximum absolute atomic E-state index is 12.2. The molecule has 1 fully saturated rings. The lowest BCUT2D eigenvalue weighted by molar-refractivity contribution is -0.129. The zero-order valence-electron chi connectivity index (χ0n) is 16.3. The van der Waals surface area contributed by atoms with Gasteiger partial charge in [0, 0.05) is 32.3 Å². The highest BCUT2D eigenvalue weighted by Gasteiger charge is 2.31. The van der Waals surface area contributed by atoms with Gasteiger partial charge in [-0.2, -0.15) is 9.97 Å². The minimum atomic E-state index is -0.0602. The number of rotatable bonds is 8. The van der Waals surface area contributed by atoms with E-state index < -0.39 is 0 Å². The van der Waals surface area contributed by atoms with E-state index in [1.165, 1.54) is 11.6 Å². The van der Waals surface area contributed by atoms with Gasteiger partial charge in [0.05, 0.1) is 25.5 Å². The molecule has 7 nitrogen and oxygen atoms in total. The summed E-state index contributed by atoms with van der Waals surface area (Å²) in [7, 11) is 3.24. The number of anilines is 1. The molecule has 1 aliphatic rings. The molecule has 0 radical (unpaired) electrons. The number of ether oxygens (including phenoxy) is 2. The second-order valence-electron chi connectivity index (χ2n) is 6.35. The third kappa shape index (κ3) is 4.33. The van der Waals surface area contributed by atoms with Gasteiger partial charge in [-0.3, -0.25) is 4.79 Å².